The van der Waals surface area contributed by atoms with Crippen LogP contribution in [0.3, 0.4) is 0 Å². The maximum absolute atomic E-state index is 14.0. The van der Waals surface area contributed by atoms with Gasteiger partial charge in [0, 0.05) is 32.4 Å². The van der Waals surface area contributed by atoms with E-state index < -0.39 is 23.1 Å². The van der Waals surface area contributed by atoms with E-state index in [1.54, 1.807) is 6.20 Å². The highest BCUT2D eigenvalue weighted by Crippen LogP contribution is 2.21. The number of anilines is 1. The van der Waals surface area contributed by atoms with Crippen molar-refractivity contribution in [2.45, 2.75) is 13.8 Å². The second-order valence-corrected chi connectivity index (χ2v) is 6.29. The number of rotatable bonds is 2. The fourth-order valence-electron chi connectivity index (χ4n) is 3.12. The molecule has 1 aliphatic rings. The van der Waals surface area contributed by atoms with Gasteiger partial charge in [-0.15, -0.1) is 0 Å². The van der Waals surface area contributed by atoms with E-state index in [1.165, 1.54) is 4.90 Å². The molecule has 0 spiro atoms. The van der Waals surface area contributed by atoms with Crippen molar-refractivity contribution in [3.05, 3.63) is 52.7 Å². The molecule has 0 atom stereocenters. The van der Waals surface area contributed by atoms with Crippen LogP contribution in [0.25, 0.3) is 0 Å². The Kier molecular flexibility index (Phi) is 4.74. The fourth-order valence-corrected chi connectivity index (χ4v) is 3.12. The van der Waals surface area contributed by atoms with E-state index in [-0.39, 0.29) is 5.46 Å². The molecule has 25 heavy (non-hydrogen) atoms. The van der Waals surface area contributed by atoms with E-state index >= 15 is 0 Å². The van der Waals surface area contributed by atoms with Crippen LogP contribution in [0.2, 0.25) is 0 Å². The number of carbonyl (C=O) groups is 1. The van der Waals surface area contributed by atoms with Crippen LogP contribution in [-0.4, -0.2) is 49.8 Å². The molecule has 2 aromatic rings. The molecule has 4 nitrogen and oxygen atoms in total. The topological polar surface area (TPSA) is 36.4 Å². The molecule has 1 aliphatic heterocycles. The third-order valence-corrected chi connectivity index (χ3v) is 4.33. The minimum absolute atomic E-state index is 0.0442. The van der Waals surface area contributed by atoms with Crippen LogP contribution >= 0.6 is 0 Å². The molecule has 1 saturated heterocycles. The number of aryl methyl sites for hydroxylation is 2. The van der Waals surface area contributed by atoms with Gasteiger partial charge in [-0.25, -0.2) is 13.8 Å². The Balaban J connectivity index is 1.73. The summed E-state index contributed by atoms with van der Waals surface area (Å²) in [6, 6.07) is 3.98. The summed E-state index contributed by atoms with van der Waals surface area (Å²) in [6.45, 7) is 5.83. The van der Waals surface area contributed by atoms with Crippen molar-refractivity contribution in [3.8, 4) is 0 Å². The lowest BCUT2D eigenvalue weighted by Gasteiger charge is -2.36. The maximum atomic E-state index is 14.0. The highest BCUT2D eigenvalue weighted by Gasteiger charge is 2.27. The Morgan fingerprint density at radius 2 is 1.68 bits per heavy atom. The van der Waals surface area contributed by atoms with Crippen molar-refractivity contribution in [1.82, 2.24) is 9.88 Å². The third kappa shape index (κ3) is 3.50. The molecule has 2 radical (unpaired) electrons. The summed E-state index contributed by atoms with van der Waals surface area (Å²) in [5.41, 5.74) is 1.56. The van der Waals surface area contributed by atoms with Crippen LogP contribution < -0.4 is 10.4 Å². The van der Waals surface area contributed by atoms with Gasteiger partial charge >= 0.3 is 0 Å². The Morgan fingerprint density at radius 3 is 2.24 bits per heavy atom. The number of piperazine rings is 1. The highest BCUT2D eigenvalue weighted by molar-refractivity contribution is 6.32. The van der Waals surface area contributed by atoms with Crippen LogP contribution in [0.4, 0.5) is 14.6 Å². The second-order valence-electron chi connectivity index (χ2n) is 6.29. The molecule has 0 aliphatic carbocycles. The number of benzene rings is 1. The molecule has 2 heterocycles. The lowest BCUT2D eigenvalue weighted by Crippen LogP contribution is -2.49. The summed E-state index contributed by atoms with van der Waals surface area (Å²) in [7, 11) is 5.40. The zero-order chi connectivity index (χ0) is 18.1. The molecule has 128 valence electrons. The number of hydrogen-bond donors (Lipinski definition) is 0. The van der Waals surface area contributed by atoms with Gasteiger partial charge in [-0.1, -0.05) is 11.5 Å². The molecular formula is C18H18BF2N3O. The fraction of sp³-hybridized carbons (Fsp3) is 0.333. The molecule has 0 unspecified atom stereocenters. The Morgan fingerprint density at radius 1 is 1.08 bits per heavy atom. The van der Waals surface area contributed by atoms with Crippen LogP contribution in [-0.2, 0) is 0 Å². The number of nitrogens with zero attached hydrogens (tertiary/aromatic N) is 3. The number of carbonyl (C=O) groups excluding carboxylic acids is 1. The summed E-state index contributed by atoms with van der Waals surface area (Å²) in [5, 5.41) is 0. The van der Waals surface area contributed by atoms with E-state index in [4.69, 9.17) is 7.85 Å². The zero-order valence-corrected chi connectivity index (χ0v) is 14.2. The van der Waals surface area contributed by atoms with Crippen molar-refractivity contribution in [3.63, 3.8) is 0 Å². The first-order chi connectivity index (χ1) is 11.9. The van der Waals surface area contributed by atoms with Gasteiger partial charge in [0.05, 0.1) is 0 Å². The second kappa shape index (κ2) is 6.82. The van der Waals surface area contributed by atoms with Gasteiger partial charge < -0.3 is 9.80 Å². The quantitative estimate of drug-likeness (QED) is 0.781. The van der Waals surface area contributed by atoms with E-state index in [0.717, 1.165) is 29.1 Å². The van der Waals surface area contributed by atoms with Crippen LogP contribution in [0.5, 0.6) is 0 Å². The number of aromatic nitrogens is 1. The number of amides is 1. The van der Waals surface area contributed by atoms with Crippen LogP contribution in [0.15, 0.2) is 24.4 Å². The average molecular weight is 341 g/mol. The predicted molar refractivity (Wildman–Crippen MR) is 93.6 cm³/mol. The van der Waals surface area contributed by atoms with Crippen molar-refractivity contribution < 1.29 is 13.6 Å². The van der Waals surface area contributed by atoms with Gasteiger partial charge in [0.15, 0.2) is 0 Å². The smallest absolute Gasteiger partial charge is 0.259 e. The van der Waals surface area contributed by atoms with Crippen LogP contribution in [0.1, 0.15) is 21.5 Å². The largest absolute Gasteiger partial charge is 0.353 e. The van der Waals surface area contributed by atoms with Crippen molar-refractivity contribution >= 4 is 25.0 Å². The maximum Gasteiger partial charge on any atom is 0.259 e. The molecule has 0 saturated carbocycles. The average Bonchev–Trinajstić information content (AvgIpc) is 2.54. The van der Waals surface area contributed by atoms with Gasteiger partial charge in [0.25, 0.3) is 5.91 Å². The first-order valence-electron chi connectivity index (χ1n) is 8.09. The lowest BCUT2D eigenvalue weighted by atomic mass is 9.94. The summed E-state index contributed by atoms with van der Waals surface area (Å²) >= 11 is 0. The minimum Gasteiger partial charge on any atom is -0.353 e. The van der Waals surface area contributed by atoms with E-state index in [0.29, 0.717) is 26.2 Å². The van der Waals surface area contributed by atoms with Crippen molar-refractivity contribution in [2.75, 3.05) is 31.1 Å². The Bertz CT molecular complexity index is 797. The van der Waals surface area contributed by atoms with Gasteiger partial charge in [-0.2, -0.15) is 0 Å². The highest BCUT2D eigenvalue weighted by atomic mass is 19.1. The summed E-state index contributed by atoms with van der Waals surface area (Å²) in [5.74, 6) is -1.63. The molecule has 1 aromatic carbocycles. The van der Waals surface area contributed by atoms with E-state index in [9.17, 15) is 13.6 Å². The number of halogens is 2. The lowest BCUT2D eigenvalue weighted by molar-refractivity contribution is 0.0736. The standard InChI is InChI=1S/C18H18BF2N3O/c1-11-7-12(2)17(22-10-11)23-3-5-24(6-4-23)18(25)16-14(20)8-13(19)9-15(16)21/h7-10H,3-6H2,1-2H3. The molecule has 7 heteroatoms. The number of hydrogen-bond acceptors (Lipinski definition) is 3. The molecule has 1 aromatic heterocycles. The molecule has 0 N–H and O–H groups in total. The van der Waals surface area contributed by atoms with E-state index in [1.807, 2.05) is 13.8 Å². The summed E-state index contributed by atoms with van der Waals surface area (Å²) < 4.78 is 27.9. The normalized spacial score (nSPS) is 14.7. The molecule has 1 fully saturated rings. The molecule has 1 amide bonds. The SMILES string of the molecule is [B]c1cc(F)c(C(=O)N2CCN(c3ncc(C)cc3C)CC2)c(F)c1. The summed E-state index contributed by atoms with van der Waals surface area (Å²) in [4.78, 5) is 20.5. The van der Waals surface area contributed by atoms with E-state index in [2.05, 4.69) is 16.0 Å². The third-order valence-electron chi connectivity index (χ3n) is 4.33. The van der Waals surface area contributed by atoms with Gasteiger partial charge in [-0.05, 0) is 37.1 Å². The monoisotopic (exact) mass is 341 g/mol. The Labute approximate surface area is 146 Å². The van der Waals surface area contributed by atoms with Crippen molar-refractivity contribution in [2.24, 2.45) is 0 Å². The van der Waals surface area contributed by atoms with Gasteiger partial charge in [0.2, 0.25) is 0 Å². The predicted octanol–water partition coefficient (Wildman–Crippen LogP) is 1.73. The van der Waals surface area contributed by atoms with Crippen LogP contribution in [0, 0.1) is 25.5 Å². The molecule has 0 bridgehead atoms. The minimum atomic E-state index is -0.930. The molecular weight excluding hydrogens is 323 g/mol. The molecule has 3 rings (SSSR count). The number of pyridine rings is 1. The zero-order valence-electron chi connectivity index (χ0n) is 14.2. The van der Waals surface area contributed by atoms with Crippen molar-refractivity contribution in [1.29, 1.82) is 0 Å². The first-order valence-corrected chi connectivity index (χ1v) is 8.09. The Hall–Kier alpha value is -2.44. The van der Waals surface area contributed by atoms with Gasteiger partial charge in [-0.3, -0.25) is 4.79 Å². The first kappa shape index (κ1) is 17.4. The summed E-state index contributed by atoms with van der Waals surface area (Å²) in [6.07, 6.45) is 1.80. The van der Waals surface area contributed by atoms with Gasteiger partial charge in [0.1, 0.15) is 30.9 Å².